The van der Waals surface area contributed by atoms with E-state index in [9.17, 15) is 9.59 Å². The van der Waals surface area contributed by atoms with Gasteiger partial charge in [-0.15, -0.1) is 0 Å². The van der Waals surface area contributed by atoms with Crippen molar-refractivity contribution in [1.82, 2.24) is 0 Å². The van der Waals surface area contributed by atoms with E-state index in [0.29, 0.717) is 0 Å². The number of carbonyl (C=O) groups is 2. The van der Waals surface area contributed by atoms with E-state index in [0.717, 1.165) is 22.9 Å². The van der Waals surface area contributed by atoms with Crippen molar-refractivity contribution in [1.29, 1.82) is 0 Å². The van der Waals surface area contributed by atoms with Crippen LogP contribution in [0, 0.1) is 5.92 Å². The Labute approximate surface area is 147 Å². The summed E-state index contributed by atoms with van der Waals surface area (Å²) in [4.78, 5) is 21.0. The first kappa shape index (κ1) is 20.4. The molecule has 0 aromatic heterocycles. The molecule has 2 aromatic rings. The Hall–Kier alpha value is -2.60. The van der Waals surface area contributed by atoms with E-state index in [4.69, 9.17) is 15.9 Å². The van der Waals surface area contributed by atoms with Crippen molar-refractivity contribution < 1.29 is 19.8 Å². The molecule has 6 nitrogen and oxygen atoms in total. The standard InChI is InChI=1S/C13H13NO2.C6H13NO2/c1-9(13(15)16)14-12-8-4-6-10-5-2-3-7-11(10)12;1-3-4(2)5(7)6(8)9/h2-9,14H,1H3,(H,15,16);4-5H,3,7H2,1-2H3,(H,8,9). The number of anilines is 1. The molecule has 0 bridgehead atoms. The predicted octanol–water partition coefficient (Wildman–Crippen LogP) is 3.17. The van der Waals surface area contributed by atoms with Gasteiger partial charge in [0.2, 0.25) is 0 Å². The van der Waals surface area contributed by atoms with Crippen molar-refractivity contribution in [2.75, 3.05) is 5.32 Å². The largest absolute Gasteiger partial charge is 0.480 e. The summed E-state index contributed by atoms with van der Waals surface area (Å²) in [6.45, 7) is 5.39. The van der Waals surface area contributed by atoms with Crippen LogP contribution in [0.3, 0.4) is 0 Å². The number of carboxylic acids is 2. The van der Waals surface area contributed by atoms with Crippen molar-refractivity contribution >= 4 is 28.4 Å². The average Bonchev–Trinajstić information content (AvgIpc) is 2.61. The molecule has 0 saturated carbocycles. The highest BCUT2D eigenvalue weighted by Gasteiger charge is 2.17. The van der Waals surface area contributed by atoms with Crippen LogP contribution in [0.25, 0.3) is 10.8 Å². The van der Waals surface area contributed by atoms with Crippen molar-refractivity contribution in [2.45, 2.75) is 39.3 Å². The first-order valence-corrected chi connectivity index (χ1v) is 8.23. The molecule has 0 amide bonds. The van der Waals surface area contributed by atoms with Crippen LogP contribution in [0.1, 0.15) is 27.2 Å². The highest BCUT2D eigenvalue weighted by atomic mass is 16.4. The molecule has 2 aromatic carbocycles. The summed E-state index contributed by atoms with van der Waals surface area (Å²) >= 11 is 0. The zero-order chi connectivity index (χ0) is 19.0. The van der Waals surface area contributed by atoms with Crippen LogP contribution < -0.4 is 11.1 Å². The van der Waals surface area contributed by atoms with Gasteiger partial charge < -0.3 is 21.3 Å². The fourth-order valence-electron chi connectivity index (χ4n) is 2.14. The van der Waals surface area contributed by atoms with E-state index in [-0.39, 0.29) is 5.92 Å². The fraction of sp³-hybridized carbons (Fsp3) is 0.368. The van der Waals surface area contributed by atoms with Gasteiger partial charge in [-0.1, -0.05) is 56.7 Å². The number of rotatable bonds is 6. The van der Waals surface area contributed by atoms with Crippen molar-refractivity contribution in [3.63, 3.8) is 0 Å². The van der Waals surface area contributed by atoms with Gasteiger partial charge in [0.1, 0.15) is 12.1 Å². The maximum Gasteiger partial charge on any atom is 0.325 e. The summed E-state index contributed by atoms with van der Waals surface area (Å²) < 4.78 is 0. The molecule has 0 saturated heterocycles. The van der Waals surface area contributed by atoms with Crippen LogP contribution in [0.5, 0.6) is 0 Å². The maximum absolute atomic E-state index is 10.8. The molecular weight excluding hydrogens is 320 g/mol. The molecule has 0 radical (unpaired) electrons. The minimum Gasteiger partial charge on any atom is -0.480 e. The Morgan fingerprint density at radius 3 is 2.16 bits per heavy atom. The van der Waals surface area contributed by atoms with E-state index in [1.807, 2.05) is 56.3 Å². The van der Waals surface area contributed by atoms with Crippen LogP contribution in [-0.4, -0.2) is 34.2 Å². The quantitative estimate of drug-likeness (QED) is 0.639. The molecule has 0 aliphatic heterocycles. The highest BCUT2D eigenvalue weighted by molar-refractivity contribution is 5.95. The summed E-state index contributed by atoms with van der Waals surface area (Å²) in [5.41, 5.74) is 6.13. The first-order chi connectivity index (χ1) is 11.8. The Morgan fingerprint density at radius 1 is 1.04 bits per heavy atom. The monoisotopic (exact) mass is 346 g/mol. The molecule has 25 heavy (non-hydrogen) atoms. The summed E-state index contributed by atoms with van der Waals surface area (Å²) in [6, 6.07) is 12.4. The minimum atomic E-state index is -0.913. The van der Waals surface area contributed by atoms with Crippen molar-refractivity contribution in [3.05, 3.63) is 42.5 Å². The molecule has 0 aliphatic carbocycles. The molecule has 136 valence electrons. The number of benzene rings is 2. The molecule has 0 spiro atoms. The molecule has 5 N–H and O–H groups in total. The van der Waals surface area contributed by atoms with Crippen LogP contribution in [0.4, 0.5) is 5.69 Å². The van der Waals surface area contributed by atoms with E-state index < -0.39 is 24.0 Å². The molecule has 3 atom stereocenters. The van der Waals surface area contributed by atoms with Crippen molar-refractivity contribution in [3.8, 4) is 0 Å². The second-order valence-electron chi connectivity index (χ2n) is 5.98. The fourth-order valence-corrected chi connectivity index (χ4v) is 2.14. The van der Waals surface area contributed by atoms with Gasteiger partial charge in [-0.3, -0.25) is 9.59 Å². The predicted molar refractivity (Wildman–Crippen MR) is 99.7 cm³/mol. The third-order valence-electron chi connectivity index (χ3n) is 4.07. The second kappa shape index (κ2) is 9.64. The number of aliphatic carboxylic acids is 2. The Kier molecular flexibility index (Phi) is 7.88. The average molecular weight is 346 g/mol. The van der Waals surface area contributed by atoms with Crippen molar-refractivity contribution in [2.24, 2.45) is 11.7 Å². The lowest BCUT2D eigenvalue weighted by atomic mass is 10.0. The second-order valence-corrected chi connectivity index (χ2v) is 5.98. The molecule has 0 aliphatic rings. The molecule has 6 heteroatoms. The maximum atomic E-state index is 10.8. The minimum absolute atomic E-state index is 0.0718. The topological polar surface area (TPSA) is 113 Å². The van der Waals surface area contributed by atoms with Gasteiger partial charge in [-0.25, -0.2) is 0 Å². The van der Waals surface area contributed by atoms with Gasteiger partial charge in [0.05, 0.1) is 0 Å². The third kappa shape index (κ3) is 6.08. The number of fused-ring (bicyclic) bond motifs is 1. The Morgan fingerprint density at radius 2 is 1.64 bits per heavy atom. The summed E-state index contributed by atoms with van der Waals surface area (Å²) in [5, 5.41) is 22.3. The number of hydrogen-bond donors (Lipinski definition) is 4. The smallest absolute Gasteiger partial charge is 0.325 e. The van der Waals surface area contributed by atoms with Gasteiger partial charge >= 0.3 is 11.9 Å². The Bertz CT molecular complexity index is 712. The van der Waals surface area contributed by atoms with E-state index in [1.54, 1.807) is 6.92 Å². The van der Waals surface area contributed by atoms with Crippen LogP contribution in [0.15, 0.2) is 42.5 Å². The number of carboxylic acid groups (broad SMARTS) is 2. The zero-order valence-corrected chi connectivity index (χ0v) is 14.8. The third-order valence-corrected chi connectivity index (χ3v) is 4.07. The summed E-state index contributed by atoms with van der Waals surface area (Å²) in [7, 11) is 0. The van der Waals surface area contributed by atoms with E-state index in [2.05, 4.69) is 5.32 Å². The zero-order valence-electron chi connectivity index (χ0n) is 14.8. The number of nitrogens with one attached hydrogen (secondary N) is 1. The molecule has 0 fully saturated rings. The highest BCUT2D eigenvalue weighted by Crippen LogP contribution is 2.23. The van der Waals surface area contributed by atoms with Gasteiger partial charge in [-0.05, 0) is 24.3 Å². The van der Waals surface area contributed by atoms with Crippen LogP contribution >= 0.6 is 0 Å². The lowest BCUT2D eigenvalue weighted by molar-refractivity contribution is -0.140. The Balaban J connectivity index is 0.000000299. The number of nitrogens with two attached hydrogens (primary N) is 1. The summed E-state index contributed by atoms with van der Waals surface area (Å²) in [5.74, 6) is -1.69. The van der Waals surface area contributed by atoms with Gasteiger partial charge in [-0.2, -0.15) is 0 Å². The molecule has 3 unspecified atom stereocenters. The SMILES string of the molecule is CC(Nc1cccc2ccccc12)C(=O)O.CCC(C)C(N)C(=O)O. The number of hydrogen-bond acceptors (Lipinski definition) is 4. The first-order valence-electron chi connectivity index (χ1n) is 8.23. The molecule has 2 rings (SSSR count). The summed E-state index contributed by atoms with van der Waals surface area (Å²) in [6.07, 6.45) is 0.813. The van der Waals surface area contributed by atoms with Gasteiger partial charge in [0.15, 0.2) is 0 Å². The molecule has 0 heterocycles. The lowest BCUT2D eigenvalue weighted by Crippen LogP contribution is -2.36. The van der Waals surface area contributed by atoms with E-state index in [1.165, 1.54) is 0 Å². The van der Waals surface area contributed by atoms with Gasteiger partial charge in [0.25, 0.3) is 0 Å². The van der Waals surface area contributed by atoms with Gasteiger partial charge in [0, 0.05) is 11.1 Å². The van der Waals surface area contributed by atoms with E-state index >= 15 is 0 Å². The van der Waals surface area contributed by atoms with Crippen LogP contribution in [0.2, 0.25) is 0 Å². The lowest BCUT2D eigenvalue weighted by Gasteiger charge is -2.12. The molecular formula is C19H26N2O4. The normalized spacial score (nSPS) is 13.9. The van der Waals surface area contributed by atoms with Crippen LogP contribution in [-0.2, 0) is 9.59 Å².